The Bertz CT molecular complexity index is 4590. The number of aromatic nitrogens is 9. The van der Waals surface area contributed by atoms with Crippen LogP contribution in [-0.4, -0.2) is 147 Å². The molecular weight excluding hydrogens is 1370 g/mol. The van der Waals surface area contributed by atoms with E-state index < -0.39 is 0 Å². The number of hydrogen-bond donors (Lipinski definition) is 7. The number of morpholine rings is 1. The van der Waals surface area contributed by atoms with Crippen LogP contribution in [0, 0.1) is 27.7 Å². The van der Waals surface area contributed by atoms with Gasteiger partial charge in [-0.1, -0.05) is 84.8 Å². The lowest BCUT2D eigenvalue weighted by atomic mass is 10.0. The van der Waals surface area contributed by atoms with Gasteiger partial charge in [0.05, 0.1) is 78.4 Å². The maximum atomic E-state index is 6.22. The fourth-order valence-electron chi connectivity index (χ4n) is 14.0. The molecule has 25 heteroatoms. The standard InChI is InChI=1S/C26H29ClN6OS.C26H31N7S.C25H27ClN6S/c1-15-13-33(14-16(2)34-15)7-6-18-8-22(17(3)28-11-18)31-26-29-12-19-9-24(35)30-23-10-20(27)4-5-21(23)25(19)32-26;1-16-5-6-20-22(13-16)29-24(34)14-18-15-27-26(31-25(18)20)30-21-7-8-23(28-17(21)2)33-11-9-19(10-12-33)32(3)4;1-15-21(10-16(13-28-15)8-9-27-19-4-2-3-5-19)31-25-29-14-17-11-23(33)30-22-12-18(26)6-7-20(22)24(17)32-25/h4-5,8,10-12,15-16H,6-7,9,13-14H2,1-3H3,(H,30,35)(H,29,31,32);5-8,13,15,19H,9-12,14H2,1-4H3,(H,29,34)(H,27,30,31);6-7,10,12-14,19,27H,2-5,8-9,11H2,1H3,(H,30,33)(H,29,31,32)/t15-,16+;;. The molecule has 2 atom stereocenters. The number of benzene rings is 3. The highest BCUT2D eigenvalue weighted by Gasteiger charge is 2.27. The maximum Gasteiger partial charge on any atom is 0.227 e. The third-order valence-electron chi connectivity index (χ3n) is 19.4. The number of thiocarbonyl (C=S) groups is 3. The Morgan fingerprint density at radius 3 is 1.49 bits per heavy atom. The average molecular weight is 1460 g/mol. The van der Waals surface area contributed by atoms with Crippen molar-refractivity contribution in [1.82, 2.24) is 60.0 Å². The van der Waals surface area contributed by atoms with Gasteiger partial charge in [0.15, 0.2) is 0 Å². The number of aryl methyl sites for hydroxylation is 4. The number of nitrogens with one attached hydrogen (secondary N) is 7. The molecular formula is C77H87Cl2N19OS3. The van der Waals surface area contributed by atoms with Crippen molar-refractivity contribution in [2.45, 2.75) is 136 Å². The number of halogens is 2. The van der Waals surface area contributed by atoms with Crippen LogP contribution in [0.1, 0.15) is 103 Å². The molecule has 3 fully saturated rings. The fourth-order valence-corrected chi connectivity index (χ4v) is 15.2. The van der Waals surface area contributed by atoms with Gasteiger partial charge in [-0.15, -0.1) is 0 Å². The van der Waals surface area contributed by atoms with Crippen molar-refractivity contribution in [3.8, 4) is 33.8 Å². The van der Waals surface area contributed by atoms with E-state index in [0.29, 0.717) is 64.2 Å². The van der Waals surface area contributed by atoms with Gasteiger partial charge in [-0.2, -0.15) is 0 Å². The molecule has 0 unspecified atom stereocenters. The predicted octanol–water partition coefficient (Wildman–Crippen LogP) is 15.5. The summed E-state index contributed by atoms with van der Waals surface area (Å²) in [6.07, 6.45) is 21.3. The van der Waals surface area contributed by atoms with Crippen molar-refractivity contribution in [2.75, 3.05) is 90.2 Å². The van der Waals surface area contributed by atoms with Gasteiger partial charge in [-0.3, -0.25) is 14.9 Å². The molecule has 3 aromatic carbocycles. The fraction of sp³-hybridized carbons (Fsp3) is 0.377. The summed E-state index contributed by atoms with van der Waals surface area (Å²) in [5.74, 6) is 2.65. The minimum atomic E-state index is 0.267. The summed E-state index contributed by atoms with van der Waals surface area (Å²) in [4.78, 5) is 51.8. The topological polar surface area (TPSA) is 219 Å². The third-order valence-corrected chi connectivity index (χ3v) is 20.6. The highest BCUT2D eigenvalue weighted by molar-refractivity contribution is 7.81. The van der Waals surface area contributed by atoms with Crippen molar-refractivity contribution < 1.29 is 4.74 Å². The van der Waals surface area contributed by atoms with Gasteiger partial charge >= 0.3 is 0 Å². The van der Waals surface area contributed by atoms with E-state index in [2.05, 4.69) is 154 Å². The molecule has 11 heterocycles. The van der Waals surface area contributed by atoms with Crippen LogP contribution < -0.4 is 42.1 Å². The first-order valence-electron chi connectivity index (χ1n) is 35.2. The summed E-state index contributed by atoms with van der Waals surface area (Å²) in [6.45, 7) is 18.3. The second kappa shape index (κ2) is 32.5. The first kappa shape index (κ1) is 72.0. The summed E-state index contributed by atoms with van der Waals surface area (Å²) in [5.41, 5.74) is 20.3. The lowest BCUT2D eigenvalue weighted by Gasteiger charge is -2.36. The highest BCUT2D eigenvalue weighted by Crippen LogP contribution is 2.39. The monoisotopic (exact) mass is 1460 g/mol. The van der Waals surface area contributed by atoms with Crippen molar-refractivity contribution in [1.29, 1.82) is 0 Å². The van der Waals surface area contributed by atoms with E-state index in [1.807, 2.05) is 88.2 Å². The van der Waals surface area contributed by atoms with Crippen LogP contribution in [0.2, 0.25) is 10.0 Å². The number of anilines is 10. The Labute approximate surface area is 623 Å². The van der Waals surface area contributed by atoms with Gasteiger partial charge < -0.3 is 51.8 Å². The maximum absolute atomic E-state index is 6.22. The molecule has 0 bridgehead atoms. The van der Waals surface area contributed by atoms with Crippen LogP contribution >= 0.6 is 59.9 Å². The van der Waals surface area contributed by atoms with E-state index in [9.17, 15) is 0 Å². The molecule has 102 heavy (non-hydrogen) atoms. The molecule has 6 aliphatic rings. The number of hydrogen-bond acceptors (Lipinski definition) is 20. The van der Waals surface area contributed by atoms with E-state index in [-0.39, 0.29) is 12.2 Å². The lowest BCUT2D eigenvalue weighted by molar-refractivity contribution is -0.0675. The van der Waals surface area contributed by atoms with Crippen molar-refractivity contribution in [2.24, 2.45) is 0 Å². The molecule has 6 aromatic heterocycles. The van der Waals surface area contributed by atoms with Crippen LogP contribution in [0.5, 0.6) is 0 Å². The molecule has 15 rings (SSSR count). The summed E-state index contributed by atoms with van der Waals surface area (Å²) < 4.78 is 5.86. The number of rotatable bonds is 15. The van der Waals surface area contributed by atoms with E-state index in [1.54, 1.807) is 0 Å². The highest BCUT2D eigenvalue weighted by atomic mass is 35.5. The second-order valence-corrected chi connectivity index (χ2v) is 29.9. The molecule has 0 spiro atoms. The molecule has 0 radical (unpaired) electrons. The van der Waals surface area contributed by atoms with Crippen molar-refractivity contribution in [3.63, 3.8) is 0 Å². The Morgan fingerprint density at radius 2 is 1.00 bits per heavy atom. The molecule has 1 saturated carbocycles. The largest absolute Gasteiger partial charge is 0.373 e. The Morgan fingerprint density at radius 1 is 0.529 bits per heavy atom. The minimum absolute atomic E-state index is 0.267. The average Bonchev–Trinajstić information content (AvgIpc) is 1.58. The van der Waals surface area contributed by atoms with E-state index >= 15 is 0 Å². The zero-order valence-electron chi connectivity index (χ0n) is 59.0. The second-order valence-electron chi connectivity index (χ2n) is 27.6. The van der Waals surface area contributed by atoms with Crippen LogP contribution in [0.15, 0.2) is 110 Å². The molecule has 9 aromatic rings. The predicted molar refractivity (Wildman–Crippen MR) is 427 cm³/mol. The summed E-state index contributed by atoms with van der Waals surface area (Å²) >= 11 is 28.9. The molecule has 20 nitrogen and oxygen atoms in total. The minimum Gasteiger partial charge on any atom is -0.373 e. The van der Waals surface area contributed by atoms with Crippen LogP contribution in [0.3, 0.4) is 0 Å². The zero-order valence-corrected chi connectivity index (χ0v) is 62.9. The van der Waals surface area contributed by atoms with E-state index in [4.69, 9.17) is 84.5 Å². The van der Waals surface area contributed by atoms with Gasteiger partial charge in [-0.25, -0.2) is 34.9 Å². The summed E-state index contributed by atoms with van der Waals surface area (Å²) in [7, 11) is 4.33. The Hall–Kier alpha value is -8.36. The smallest absolute Gasteiger partial charge is 0.227 e. The number of nitrogens with zero attached hydrogens (tertiary/aromatic N) is 12. The number of piperidine rings is 1. The Kier molecular flexibility index (Phi) is 23.0. The SMILES string of the molecule is Cc1ccc2c(c1)NC(=S)Cc1cnc(Nc3ccc(N4CCC(N(C)C)CC4)nc3C)nc1-2.Cc1ncc(CCN2C[C@@H](C)O[C@@H](C)C2)cc1Nc1ncc2c(n1)-c1ccc(Cl)cc1NC(=S)C2.Cc1ncc(CCNC2CCCC2)cc1Nc1ncc2c(n1)-c1ccc(Cl)cc1NC(=S)C2. The van der Waals surface area contributed by atoms with Gasteiger partial charge in [0.2, 0.25) is 17.8 Å². The number of ether oxygens (including phenoxy) is 1. The molecule has 5 aliphatic heterocycles. The molecule has 0 amide bonds. The summed E-state index contributed by atoms with van der Waals surface area (Å²) in [5, 5.41) is 25.1. The zero-order chi connectivity index (χ0) is 71.1. The van der Waals surface area contributed by atoms with E-state index in [1.165, 1.54) is 42.4 Å². The number of pyridine rings is 3. The third kappa shape index (κ3) is 18.0. The first-order valence-corrected chi connectivity index (χ1v) is 37.1. The quantitative estimate of drug-likeness (QED) is 0.0475. The van der Waals surface area contributed by atoms with Gasteiger partial charge in [0.1, 0.15) is 5.82 Å². The van der Waals surface area contributed by atoms with Crippen LogP contribution in [0.4, 0.5) is 57.8 Å². The van der Waals surface area contributed by atoms with Crippen molar-refractivity contribution in [3.05, 3.63) is 170 Å². The molecule has 7 N–H and O–H groups in total. The van der Waals surface area contributed by atoms with Gasteiger partial charge in [0, 0.05) is 156 Å². The molecule has 1 aliphatic carbocycles. The van der Waals surface area contributed by atoms with Crippen molar-refractivity contribution >= 4 is 133 Å². The number of fused-ring (bicyclic) bond motifs is 9. The summed E-state index contributed by atoms with van der Waals surface area (Å²) in [6, 6.07) is 27.5. The molecule has 2 saturated heterocycles. The molecule has 528 valence electrons. The Balaban J connectivity index is 0.000000137. The first-order chi connectivity index (χ1) is 49.2. The van der Waals surface area contributed by atoms with Crippen LogP contribution in [-0.2, 0) is 36.8 Å². The van der Waals surface area contributed by atoms with Crippen LogP contribution in [0.25, 0.3) is 33.8 Å². The van der Waals surface area contributed by atoms with Gasteiger partial charge in [-0.05, 0) is 184 Å². The van der Waals surface area contributed by atoms with Gasteiger partial charge in [0.25, 0.3) is 0 Å². The normalized spacial score (nSPS) is 17.2. The van der Waals surface area contributed by atoms with E-state index in [0.717, 1.165) is 182 Å². The lowest BCUT2D eigenvalue weighted by Crippen LogP contribution is -2.46.